The molecule has 3 rings (SSSR count). The van der Waals surface area contributed by atoms with Crippen molar-refractivity contribution < 1.29 is 8.78 Å². The van der Waals surface area contributed by atoms with Crippen molar-refractivity contribution in [2.75, 3.05) is 0 Å². The summed E-state index contributed by atoms with van der Waals surface area (Å²) in [6.45, 7) is 1.97. The Morgan fingerprint density at radius 1 is 1.06 bits per heavy atom. The van der Waals surface area contributed by atoms with E-state index in [1.807, 2.05) is 29.7 Å². The van der Waals surface area contributed by atoms with Gasteiger partial charge in [0.2, 0.25) is 0 Å². The fraction of sp³-hybridized carbons (Fsp3) is 0.0714. The summed E-state index contributed by atoms with van der Waals surface area (Å²) in [6, 6.07) is 7.30. The van der Waals surface area contributed by atoms with Gasteiger partial charge in [-0.25, -0.2) is 13.8 Å². The lowest BCUT2D eigenvalue weighted by molar-refractivity contribution is 0.585. The first-order valence-corrected chi connectivity index (χ1v) is 5.54. The predicted octanol–water partition coefficient (Wildman–Crippen LogP) is 3.59. The lowest BCUT2D eigenvalue weighted by Gasteiger charge is -1.98. The predicted molar refractivity (Wildman–Crippen MR) is 65.3 cm³/mol. The van der Waals surface area contributed by atoms with Crippen molar-refractivity contribution in [1.29, 1.82) is 0 Å². The molecule has 2 nitrogen and oxygen atoms in total. The highest BCUT2D eigenvalue weighted by Gasteiger charge is 2.10. The summed E-state index contributed by atoms with van der Waals surface area (Å²) in [5.41, 5.74) is 2.63. The molecule has 2 heterocycles. The Bertz CT molecular complexity index is 732. The van der Waals surface area contributed by atoms with Gasteiger partial charge in [0, 0.05) is 24.0 Å². The van der Waals surface area contributed by atoms with Crippen molar-refractivity contribution in [3.63, 3.8) is 0 Å². The summed E-state index contributed by atoms with van der Waals surface area (Å²) in [7, 11) is 0. The summed E-state index contributed by atoms with van der Waals surface area (Å²) in [5.74, 6) is -1.19. The zero-order valence-corrected chi connectivity index (χ0v) is 9.69. The number of hydrogen-bond donors (Lipinski definition) is 0. The van der Waals surface area contributed by atoms with Crippen LogP contribution in [-0.2, 0) is 0 Å². The van der Waals surface area contributed by atoms with Gasteiger partial charge in [-0.05, 0) is 30.7 Å². The minimum Gasteiger partial charge on any atom is -0.306 e. The minimum absolute atomic E-state index is 0.303. The average Bonchev–Trinajstić information content (AvgIpc) is 2.71. The lowest BCUT2D eigenvalue weighted by atomic mass is 10.1. The molecule has 3 aromatic rings. The van der Waals surface area contributed by atoms with Crippen molar-refractivity contribution in [3.05, 3.63) is 59.9 Å². The van der Waals surface area contributed by atoms with E-state index >= 15 is 0 Å². The third-order valence-electron chi connectivity index (χ3n) is 2.81. The maximum Gasteiger partial charge on any atom is 0.137 e. The minimum atomic E-state index is -0.602. The van der Waals surface area contributed by atoms with Gasteiger partial charge in [-0.3, -0.25) is 0 Å². The molecule has 0 saturated carbocycles. The summed E-state index contributed by atoms with van der Waals surface area (Å²) >= 11 is 0. The monoisotopic (exact) mass is 244 g/mol. The highest BCUT2D eigenvalue weighted by molar-refractivity contribution is 5.63. The van der Waals surface area contributed by atoms with E-state index in [1.54, 1.807) is 6.20 Å². The number of rotatable bonds is 1. The molecule has 4 heteroatoms. The Hall–Kier alpha value is -2.23. The normalized spacial score (nSPS) is 11.1. The Morgan fingerprint density at radius 3 is 2.67 bits per heavy atom. The highest BCUT2D eigenvalue weighted by atomic mass is 19.1. The van der Waals surface area contributed by atoms with Crippen molar-refractivity contribution in [1.82, 2.24) is 9.38 Å². The second kappa shape index (κ2) is 3.91. The molecule has 0 N–H and O–H groups in total. The molecule has 0 atom stereocenters. The zero-order chi connectivity index (χ0) is 12.7. The van der Waals surface area contributed by atoms with Gasteiger partial charge in [0.05, 0.1) is 5.69 Å². The third-order valence-corrected chi connectivity index (χ3v) is 2.81. The molecule has 90 valence electrons. The lowest BCUT2D eigenvalue weighted by Crippen LogP contribution is -1.85. The van der Waals surface area contributed by atoms with Crippen LogP contribution in [0.1, 0.15) is 5.56 Å². The van der Waals surface area contributed by atoms with Gasteiger partial charge in [0.1, 0.15) is 17.3 Å². The molecular formula is C14H10F2N2. The number of imidazole rings is 1. The molecule has 2 aromatic heterocycles. The van der Waals surface area contributed by atoms with E-state index in [-0.39, 0.29) is 0 Å². The van der Waals surface area contributed by atoms with Crippen LogP contribution in [0.2, 0.25) is 0 Å². The van der Waals surface area contributed by atoms with Crippen LogP contribution in [-0.4, -0.2) is 9.38 Å². The van der Waals surface area contributed by atoms with Crippen molar-refractivity contribution in [2.24, 2.45) is 0 Å². The van der Waals surface area contributed by atoms with Gasteiger partial charge in [-0.1, -0.05) is 6.07 Å². The molecule has 0 unspecified atom stereocenters. The van der Waals surface area contributed by atoms with E-state index in [0.717, 1.165) is 17.3 Å². The van der Waals surface area contributed by atoms with E-state index in [4.69, 9.17) is 0 Å². The van der Waals surface area contributed by atoms with E-state index in [2.05, 4.69) is 4.98 Å². The van der Waals surface area contributed by atoms with Gasteiger partial charge < -0.3 is 4.40 Å². The van der Waals surface area contributed by atoms with Crippen LogP contribution in [0.3, 0.4) is 0 Å². The van der Waals surface area contributed by atoms with Gasteiger partial charge in [-0.15, -0.1) is 0 Å². The van der Waals surface area contributed by atoms with Crippen molar-refractivity contribution in [2.45, 2.75) is 6.92 Å². The molecule has 0 saturated heterocycles. The van der Waals surface area contributed by atoms with Crippen LogP contribution in [0.15, 0.2) is 42.7 Å². The van der Waals surface area contributed by atoms with E-state index in [9.17, 15) is 8.78 Å². The topological polar surface area (TPSA) is 17.3 Å². The van der Waals surface area contributed by atoms with Crippen LogP contribution < -0.4 is 0 Å². The Morgan fingerprint density at radius 2 is 1.89 bits per heavy atom. The quantitative estimate of drug-likeness (QED) is 0.639. The smallest absolute Gasteiger partial charge is 0.137 e. The standard InChI is InChI=1S/C14H10F2N2/c1-9-2-5-14-17-13(8-18(14)7-9)11-4-3-10(15)6-12(11)16/h2-8H,1H3. The summed E-state index contributed by atoms with van der Waals surface area (Å²) in [4.78, 5) is 4.32. The molecule has 0 radical (unpaired) electrons. The molecule has 0 spiro atoms. The average molecular weight is 244 g/mol. The van der Waals surface area contributed by atoms with Gasteiger partial charge in [0.25, 0.3) is 0 Å². The number of halogens is 2. The first-order valence-electron chi connectivity index (χ1n) is 5.54. The van der Waals surface area contributed by atoms with Crippen LogP contribution in [0, 0.1) is 18.6 Å². The molecule has 0 amide bonds. The Labute approximate surface area is 103 Å². The number of aryl methyl sites for hydroxylation is 1. The highest BCUT2D eigenvalue weighted by Crippen LogP contribution is 2.23. The first kappa shape index (κ1) is 10.9. The first-order chi connectivity index (χ1) is 8.63. The molecule has 0 fully saturated rings. The zero-order valence-electron chi connectivity index (χ0n) is 9.69. The number of fused-ring (bicyclic) bond motifs is 1. The van der Waals surface area contributed by atoms with Crippen LogP contribution in [0.25, 0.3) is 16.9 Å². The maximum absolute atomic E-state index is 13.7. The fourth-order valence-electron chi connectivity index (χ4n) is 1.93. The van der Waals surface area contributed by atoms with Crippen LogP contribution in [0.4, 0.5) is 8.78 Å². The molecule has 0 aliphatic carbocycles. The number of aromatic nitrogens is 2. The maximum atomic E-state index is 13.7. The molecule has 18 heavy (non-hydrogen) atoms. The summed E-state index contributed by atoms with van der Waals surface area (Å²) < 4.78 is 28.3. The Balaban J connectivity index is 2.19. The van der Waals surface area contributed by atoms with Gasteiger partial charge in [-0.2, -0.15) is 0 Å². The fourth-order valence-corrected chi connectivity index (χ4v) is 1.93. The molecule has 1 aromatic carbocycles. The molecule has 0 aliphatic rings. The second-order valence-electron chi connectivity index (χ2n) is 4.22. The second-order valence-corrected chi connectivity index (χ2v) is 4.22. The summed E-state index contributed by atoms with van der Waals surface area (Å²) in [6.07, 6.45) is 3.64. The van der Waals surface area contributed by atoms with Crippen molar-refractivity contribution in [3.8, 4) is 11.3 Å². The Kier molecular flexibility index (Phi) is 2.37. The third kappa shape index (κ3) is 1.76. The largest absolute Gasteiger partial charge is 0.306 e. The van der Waals surface area contributed by atoms with E-state index < -0.39 is 11.6 Å². The number of pyridine rings is 1. The van der Waals surface area contributed by atoms with E-state index in [1.165, 1.54) is 12.1 Å². The van der Waals surface area contributed by atoms with E-state index in [0.29, 0.717) is 11.3 Å². The van der Waals surface area contributed by atoms with Gasteiger partial charge in [0.15, 0.2) is 0 Å². The number of nitrogens with zero attached hydrogens (tertiary/aromatic N) is 2. The van der Waals surface area contributed by atoms with Gasteiger partial charge >= 0.3 is 0 Å². The number of benzene rings is 1. The van der Waals surface area contributed by atoms with Crippen LogP contribution in [0.5, 0.6) is 0 Å². The molecule has 0 bridgehead atoms. The van der Waals surface area contributed by atoms with Crippen molar-refractivity contribution >= 4 is 5.65 Å². The number of hydrogen-bond acceptors (Lipinski definition) is 1. The van der Waals surface area contributed by atoms with Crippen LogP contribution >= 0.6 is 0 Å². The SMILES string of the molecule is Cc1ccc2nc(-c3ccc(F)cc3F)cn2c1. The molecular weight excluding hydrogens is 234 g/mol. The molecule has 0 aliphatic heterocycles. The summed E-state index contributed by atoms with van der Waals surface area (Å²) in [5, 5.41) is 0.